The summed E-state index contributed by atoms with van der Waals surface area (Å²) in [4.78, 5) is 17.6. The summed E-state index contributed by atoms with van der Waals surface area (Å²) >= 11 is 4.86. The molecule has 1 saturated heterocycles. The van der Waals surface area contributed by atoms with Gasteiger partial charge in [-0.3, -0.25) is 9.69 Å². The van der Waals surface area contributed by atoms with Crippen LogP contribution in [0.15, 0.2) is 5.38 Å². The smallest absolute Gasteiger partial charge is 0.242 e. The number of thiazole rings is 1. The van der Waals surface area contributed by atoms with Gasteiger partial charge in [0.05, 0.1) is 10.5 Å². The second-order valence-electron chi connectivity index (χ2n) is 3.02. The Hall–Kier alpha value is -0.420. The molecule has 1 amide bonds. The van der Waals surface area contributed by atoms with Gasteiger partial charge in [0.2, 0.25) is 5.91 Å². The number of anilines is 1. The van der Waals surface area contributed by atoms with Gasteiger partial charge in [-0.05, 0) is 13.3 Å². The molecule has 0 bridgehead atoms. The van der Waals surface area contributed by atoms with Crippen molar-refractivity contribution in [1.82, 2.24) is 4.98 Å². The van der Waals surface area contributed by atoms with Crippen LogP contribution >= 0.6 is 27.3 Å². The number of nitrogens with zero attached hydrogens (tertiary/aromatic N) is 2. The van der Waals surface area contributed by atoms with Gasteiger partial charge in [0, 0.05) is 11.9 Å². The lowest BCUT2D eigenvalue weighted by molar-refractivity contribution is -0.116. The Balaban J connectivity index is 2.23. The third-order valence-corrected chi connectivity index (χ3v) is 3.81. The van der Waals surface area contributed by atoms with Crippen molar-refractivity contribution in [1.29, 1.82) is 0 Å². The molecule has 13 heavy (non-hydrogen) atoms. The molecule has 1 fully saturated rings. The Morgan fingerprint density at radius 3 is 3.00 bits per heavy atom. The summed E-state index contributed by atoms with van der Waals surface area (Å²) < 4.78 is 0. The van der Waals surface area contributed by atoms with Gasteiger partial charge in [0.15, 0.2) is 5.13 Å². The summed E-state index contributed by atoms with van der Waals surface area (Å²) in [6, 6.07) is 0. The van der Waals surface area contributed by atoms with Crippen LogP contribution in [0.25, 0.3) is 0 Å². The Morgan fingerprint density at radius 2 is 2.54 bits per heavy atom. The molecule has 1 atom stereocenters. The first-order chi connectivity index (χ1) is 6.18. The maximum atomic E-state index is 11.6. The Labute approximate surface area is 88.9 Å². The van der Waals surface area contributed by atoms with Crippen molar-refractivity contribution >= 4 is 38.3 Å². The Kier molecular flexibility index (Phi) is 2.38. The van der Waals surface area contributed by atoms with Crippen molar-refractivity contribution in [2.45, 2.75) is 18.2 Å². The molecule has 1 aliphatic rings. The lowest BCUT2D eigenvalue weighted by Gasteiger charge is -2.10. The second-order valence-corrected chi connectivity index (χ2v) is 4.96. The molecular formula is C8H9BrN2OS. The summed E-state index contributed by atoms with van der Waals surface area (Å²) in [5, 5.41) is 2.79. The summed E-state index contributed by atoms with van der Waals surface area (Å²) in [7, 11) is 0. The fourth-order valence-corrected chi connectivity index (χ4v) is 2.59. The van der Waals surface area contributed by atoms with Crippen molar-refractivity contribution in [3.8, 4) is 0 Å². The number of amides is 1. The molecule has 5 heteroatoms. The van der Waals surface area contributed by atoms with E-state index in [1.807, 2.05) is 12.3 Å². The van der Waals surface area contributed by atoms with Gasteiger partial charge in [0.1, 0.15) is 0 Å². The normalized spacial score (nSPS) is 22.8. The van der Waals surface area contributed by atoms with Gasteiger partial charge in [-0.1, -0.05) is 15.9 Å². The SMILES string of the molecule is Cc1csc(N2CCC(Br)C2=O)n1. The van der Waals surface area contributed by atoms with Gasteiger partial charge < -0.3 is 0 Å². The molecule has 3 nitrogen and oxygen atoms in total. The number of carbonyl (C=O) groups excluding carboxylic acids is 1. The van der Waals surface area contributed by atoms with Crippen LogP contribution < -0.4 is 4.90 Å². The minimum atomic E-state index is -0.0169. The molecule has 0 saturated carbocycles. The van der Waals surface area contributed by atoms with Gasteiger partial charge in [-0.15, -0.1) is 11.3 Å². The summed E-state index contributed by atoms with van der Waals surface area (Å²) in [5.41, 5.74) is 0.978. The molecule has 0 spiro atoms. The van der Waals surface area contributed by atoms with E-state index in [-0.39, 0.29) is 10.7 Å². The predicted molar refractivity (Wildman–Crippen MR) is 56.5 cm³/mol. The first-order valence-electron chi connectivity index (χ1n) is 4.06. The van der Waals surface area contributed by atoms with Crippen molar-refractivity contribution in [2.24, 2.45) is 0 Å². The topological polar surface area (TPSA) is 33.2 Å². The fraction of sp³-hybridized carbons (Fsp3) is 0.500. The summed E-state index contributed by atoms with van der Waals surface area (Å²) in [5.74, 6) is 0.134. The molecule has 1 aromatic heterocycles. The van der Waals surface area contributed by atoms with Gasteiger partial charge >= 0.3 is 0 Å². The maximum absolute atomic E-state index is 11.6. The maximum Gasteiger partial charge on any atom is 0.242 e. The average molecular weight is 261 g/mol. The Morgan fingerprint density at radius 1 is 1.77 bits per heavy atom. The van der Waals surface area contributed by atoms with Crippen LogP contribution in [-0.2, 0) is 4.79 Å². The highest BCUT2D eigenvalue weighted by atomic mass is 79.9. The molecular weight excluding hydrogens is 252 g/mol. The molecule has 0 radical (unpaired) electrons. The van der Waals surface area contributed by atoms with E-state index in [1.54, 1.807) is 4.90 Å². The molecule has 1 unspecified atom stereocenters. The number of rotatable bonds is 1. The van der Waals surface area contributed by atoms with Crippen LogP contribution in [-0.4, -0.2) is 22.3 Å². The minimum absolute atomic E-state index is 0.0169. The van der Waals surface area contributed by atoms with E-state index in [1.165, 1.54) is 11.3 Å². The highest BCUT2D eigenvalue weighted by molar-refractivity contribution is 9.10. The molecule has 0 aromatic carbocycles. The molecule has 0 N–H and O–H groups in total. The number of halogens is 1. The average Bonchev–Trinajstić information content (AvgIpc) is 2.62. The van der Waals surface area contributed by atoms with Crippen LogP contribution in [0, 0.1) is 6.92 Å². The van der Waals surface area contributed by atoms with Crippen LogP contribution in [0.3, 0.4) is 0 Å². The number of aromatic nitrogens is 1. The van der Waals surface area contributed by atoms with Crippen LogP contribution in [0.5, 0.6) is 0 Å². The van der Waals surface area contributed by atoms with Crippen molar-refractivity contribution in [3.05, 3.63) is 11.1 Å². The first-order valence-corrected chi connectivity index (χ1v) is 5.85. The first kappa shape index (κ1) is 9.15. The zero-order valence-electron chi connectivity index (χ0n) is 7.16. The van der Waals surface area contributed by atoms with E-state index in [9.17, 15) is 4.79 Å². The fourth-order valence-electron chi connectivity index (χ4n) is 1.30. The number of hydrogen-bond donors (Lipinski definition) is 0. The van der Waals surface area contributed by atoms with Crippen molar-refractivity contribution in [3.63, 3.8) is 0 Å². The van der Waals surface area contributed by atoms with E-state index in [0.29, 0.717) is 0 Å². The zero-order valence-corrected chi connectivity index (χ0v) is 9.56. The lowest BCUT2D eigenvalue weighted by atomic mass is 10.4. The van der Waals surface area contributed by atoms with E-state index >= 15 is 0 Å². The van der Waals surface area contributed by atoms with Gasteiger partial charge in [-0.2, -0.15) is 0 Å². The van der Waals surface area contributed by atoms with E-state index < -0.39 is 0 Å². The predicted octanol–water partition coefficient (Wildman–Crippen LogP) is 1.95. The molecule has 2 rings (SSSR count). The minimum Gasteiger partial charge on any atom is -0.287 e. The number of aryl methyl sites for hydroxylation is 1. The van der Waals surface area contributed by atoms with E-state index in [4.69, 9.17) is 0 Å². The molecule has 2 heterocycles. The van der Waals surface area contributed by atoms with Crippen molar-refractivity contribution in [2.75, 3.05) is 11.4 Å². The number of carbonyl (C=O) groups is 1. The lowest BCUT2D eigenvalue weighted by Crippen LogP contribution is -2.26. The van der Waals surface area contributed by atoms with Crippen LogP contribution in [0.1, 0.15) is 12.1 Å². The summed E-state index contributed by atoms with van der Waals surface area (Å²) in [6.45, 7) is 2.72. The molecule has 1 aromatic rings. The van der Waals surface area contributed by atoms with E-state index in [2.05, 4.69) is 20.9 Å². The van der Waals surface area contributed by atoms with Gasteiger partial charge in [-0.25, -0.2) is 4.98 Å². The van der Waals surface area contributed by atoms with Gasteiger partial charge in [0.25, 0.3) is 0 Å². The molecule has 0 aliphatic carbocycles. The number of alkyl halides is 1. The second kappa shape index (κ2) is 3.38. The highest BCUT2D eigenvalue weighted by Gasteiger charge is 2.31. The largest absolute Gasteiger partial charge is 0.287 e. The third kappa shape index (κ3) is 1.62. The third-order valence-electron chi connectivity index (χ3n) is 1.98. The molecule has 1 aliphatic heterocycles. The van der Waals surface area contributed by atoms with Crippen molar-refractivity contribution < 1.29 is 4.79 Å². The van der Waals surface area contributed by atoms with Crippen LogP contribution in [0.2, 0.25) is 0 Å². The summed E-state index contributed by atoms with van der Waals surface area (Å²) in [6.07, 6.45) is 0.872. The number of hydrogen-bond acceptors (Lipinski definition) is 3. The van der Waals surface area contributed by atoms with Crippen LogP contribution in [0.4, 0.5) is 5.13 Å². The van der Waals surface area contributed by atoms with E-state index in [0.717, 1.165) is 23.8 Å². The standard InChI is InChI=1S/C8H9BrN2OS/c1-5-4-13-8(10-5)11-3-2-6(9)7(11)12/h4,6H,2-3H2,1H3. The quantitative estimate of drug-likeness (QED) is 0.724. The Bertz CT molecular complexity index is 339. The monoisotopic (exact) mass is 260 g/mol. The highest BCUT2D eigenvalue weighted by Crippen LogP contribution is 2.27. The zero-order chi connectivity index (χ0) is 9.42. The molecule has 70 valence electrons.